The lowest BCUT2D eigenvalue weighted by molar-refractivity contribution is 0.291. The van der Waals surface area contributed by atoms with Crippen molar-refractivity contribution in [2.24, 2.45) is 0 Å². The Balaban J connectivity index is 1.66. The molecule has 27 heavy (non-hydrogen) atoms. The highest BCUT2D eigenvalue weighted by atomic mass is 35.5. The summed E-state index contributed by atoms with van der Waals surface area (Å²) >= 11 is 12.2. The van der Waals surface area contributed by atoms with Crippen LogP contribution in [0.15, 0.2) is 66.7 Å². The number of imidazole rings is 1. The van der Waals surface area contributed by atoms with E-state index in [1.165, 1.54) is 5.56 Å². The van der Waals surface area contributed by atoms with Gasteiger partial charge in [0.2, 0.25) is 0 Å². The Morgan fingerprint density at radius 3 is 2.48 bits per heavy atom. The fourth-order valence-corrected chi connectivity index (χ4v) is 3.34. The monoisotopic (exact) mass is 396 g/mol. The third-order valence-electron chi connectivity index (χ3n) is 4.45. The molecule has 0 aliphatic rings. The van der Waals surface area contributed by atoms with Gasteiger partial charge in [0, 0.05) is 6.54 Å². The van der Waals surface area contributed by atoms with Crippen molar-refractivity contribution in [1.82, 2.24) is 9.55 Å². The van der Waals surface area contributed by atoms with Crippen LogP contribution in [0.25, 0.3) is 11.0 Å². The zero-order valence-corrected chi connectivity index (χ0v) is 16.3. The van der Waals surface area contributed by atoms with Crippen LogP contribution in [0.5, 0.6) is 5.75 Å². The molecule has 4 rings (SSSR count). The number of hydrogen-bond acceptors (Lipinski definition) is 2. The highest BCUT2D eigenvalue weighted by Gasteiger charge is 2.12. The second kappa shape index (κ2) is 7.63. The third-order valence-corrected chi connectivity index (χ3v) is 5.19. The van der Waals surface area contributed by atoms with Crippen molar-refractivity contribution in [3.05, 3.63) is 93.7 Å². The first-order valence-electron chi connectivity index (χ1n) is 8.68. The maximum Gasteiger partial charge on any atom is 0.148 e. The van der Waals surface area contributed by atoms with Gasteiger partial charge in [0.05, 0.1) is 21.1 Å². The summed E-state index contributed by atoms with van der Waals surface area (Å²) in [5.41, 5.74) is 4.27. The van der Waals surface area contributed by atoms with Crippen LogP contribution in [0.1, 0.15) is 17.0 Å². The molecule has 3 nitrogen and oxygen atoms in total. The Labute approximate surface area is 168 Å². The molecule has 0 saturated heterocycles. The Morgan fingerprint density at radius 2 is 1.70 bits per heavy atom. The van der Waals surface area contributed by atoms with Crippen molar-refractivity contribution in [2.75, 3.05) is 0 Å². The molecule has 3 aromatic carbocycles. The lowest BCUT2D eigenvalue weighted by Gasteiger charge is -2.11. The molecule has 0 unspecified atom stereocenters. The Hall–Kier alpha value is -2.49. The molecule has 0 amide bonds. The summed E-state index contributed by atoms with van der Waals surface area (Å²) in [5.74, 6) is 1.69. The van der Waals surface area contributed by atoms with Crippen LogP contribution in [0, 0.1) is 6.92 Å². The predicted octanol–water partition coefficient (Wildman–Crippen LogP) is 6.28. The first-order chi connectivity index (χ1) is 13.1. The van der Waals surface area contributed by atoms with Crippen molar-refractivity contribution in [3.63, 3.8) is 0 Å². The number of aromatic nitrogens is 2. The number of fused-ring (bicyclic) bond motifs is 1. The van der Waals surface area contributed by atoms with Crippen LogP contribution >= 0.6 is 23.2 Å². The van der Waals surface area contributed by atoms with E-state index < -0.39 is 0 Å². The minimum atomic E-state index is 0.388. The molecule has 0 saturated carbocycles. The zero-order valence-electron chi connectivity index (χ0n) is 14.8. The second-order valence-corrected chi connectivity index (χ2v) is 7.27. The molecule has 0 atom stereocenters. The number of halogens is 2. The second-order valence-electron chi connectivity index (χ2n) is 6.45. The first-order valence-corrected chi connectivity index (χ1v) is 9.43. The number of para-hydroxylation sites is 2. The van der Waals surface area contributed by atoms with Crippen molar-refractivity contribution in [3.8, 4) is 5.75 Å². The maximum atomic E-state index is 6.18. The molecule has 136 valence electrons. The van der Waals surface area contributed by atoms with E-state index in [1.807, 2.05) is 60.7 Å². The molecule has 0 fully saturated rings. The van der Waals surface area contributed by atoms with E-state index in [4.69, 9.17) is 32.9 Å². The van der Waals surface area contributed by atoms with Gasteiger partial charge in [-0.15, -0.1) is 0 Å². The fraction of sp³-hybridized carbons (Fsp3) is 0.136. The Morgan fingerprint density at radius 1 is 0.926 bits per heavy atom. The summed E-state index contributed by atoms with van der Waals surface area (Å²) in [6, 6.07) is 21.8. The van der Waals surface area contributed by atoms with Gasteiger partial charge in [-0.2, -0.15) is 0 Å². The number of hydrogen-bond donors (Lipinski definition) is 0. The van der Waals surface area contributed by atoms with Crippen LogP contribution in [-0.2, 0) is 13.2 Å². The quantitative estimate of drug-likeness (QED) is 0.396. The highest BCUT2D eigenvalue weighted by molar-refractivity contribution is 6.42. The molecule has 1 heterocycles. The zero-order chi connectivity index (χ0) is 18.8. The van der Waals surface area contributed by atoms with Crippen molar-refractivity contribution < 1.29 is 4.74 Å². The van der Waals surface area contributed by atoms with E-state index in [0.717, 1.165) is 28.2 Å². The standard InChI is InChI=1S/C22H18Cl2N2O/c1-15-6-9-17(10-7-15)27-14-22-25-20-4-2-3-5-21(20)26(22)13-16-8-11-18(23)19(24)12-16/h2-12H,13-14H2,1H3. The summed E-state index contributed by atoms with van der Waals surface area (Å²) in [4.78, 5) is 4.76. The fourth-order valence-electron chi connectivity index (χ4n) is 3.01. The largest absolute Gasteiger partial charge is 0.486 e. The van der Waals surface area contributed by atoms with Gasteiger partial charge in [0.15, 0.2) is 0 Å². The van der Waals surface area contributed by atoms with E-state index >= 15 is 0 Å². The summed E-state index contributed by atoms with van der Waals surface area (Å²) in [6.07, 6.45) is 0. The van der Waals surface area contributed by atoms with E-state index in [9.17, 15) is 0 Å². The van der Waals surface area contributed by atoms with Crippen LogP contribution in [-0.4, -0.2) is 9.55 Å². The average Bonchev–Trinajstić information content (AvgIpc) is 3.02. The van der Waals surface area contributed by atoms with Crippen LogP contribution in [0.4, 0.5) is 0 Å². The molecular formula is C22H18Cl2N2O. The van der Waals surface area contributed by atoms with E-state index in [-0.39, 0.29) is 0 Å². The molecule has 5 heteroatoms. The van der Waals surface area contributed by atoms with Gasteiger partial charge in [-0.1, -0.05) is 59.1 Å². The molecule has 4 aromatic rings. The molecule has 0 spiro atoms. The van der Waals surface area contributed by atoms with Gasteiger partial charge in [0.25, 0.3) is 0 Å². The molecule has 1 aromatic heterocycles. The smallest absolute Gasteiger partial charge is 0.148 e. The van der Waals surface area contributed by atoms with Crippen molar-refractivity contribution in [2.45, 2.75) is 20.1 Å². The lowest BCUT2D eigenvalue weighted by Crippen LogP contribution is -2.08. The maximum absolute atomic E-state index is 6.18. The van der Waals surface area contributed by atoms with Gasteiger partial charge in [-0.3, -0.25) is 0 Å². The molecule has 0 N–H and O–H groups in total. The highest BCUT2D eigenvalue weighted by Crippen LogP contribution is 2.25. The summed E-state index contributed by atoms with van der Waals surface area (Å²) in [5, 5.41) is 1.11. The predicted molar refractivity (Wildman–Crippen MR) is 111 cm³/mol. The van der Waals surface area contributed by atoms with Crippen LogP contribution < -0.4 is 4.74 Å². The van der Waals surface area contributed by atoms with Crippen molar-refractivity contribution >= 4 is 34.2 Å². The summed E-state index contributed by atoms with van der Waals surface area (Å²) in [6.45, 7) is 3.09. The van der Waals surface area contributed by atoms with Crippen LogP contribution in [0.2, 0.25) is 10.0 Å². The van der Waals surface area contributed by atoms with E-state index in [2.05, 4.69) is 17.6 Å². The van der Waals surface area contributed by atoms with E-state index in [0.29, 0.717) is 23.2 Å². The van der Waals surface area contributed by atoms with Gasteiger partial charge in [-0.05, 0) is 48.9 Å². The number of aryl methyl sites for hydroxylation is 1. The molecular weight excluding hydrogens is 379 g/mol. The van der Waals surface area contributed by atoms with Crippen LogP contribution in [0.3, 0.4) is 0 Å². The molecule has 0 aliphatic heterocycles. The minimum absolute atomic E-state index is 0.388. The number of rotatable bonds is 5. The lowest BCUT2D eigenvalue weighted by atomic mass is 10.2. The normalized spacial score (nSPS) is 11.1. The van der Waals surface area contributed by atoms with Gasteiger partial charge in [0.1, 0.15) is 18.2 Å². The van der Waals surface area contributed by atoms with Crippen molar-refractivity contribution in [1.29, 1.82) is 0 Å². The Kier molecular flexibility index (Phi) is 5.06. The van der Waals surface area contributed by atoms with E-state index in [1.54, 1.807) is 0 Å². The SMILES string of the molecule is Cc1ccc(OCc2nc3ccccc3n2Cc2ccc(Cl)c(Cl)c2)cc1. The average molecular weight is 397 g/mol. The molecule has 0 radical (unpaired) electrons. The molecule has 0 bridgehead atoms. The number of benzene rings is 3. The van der Waals surface area contributed by atoms with Gasteiger partial charge in [-0.25, -0.2) is 4.98 Å². The summed E-state index contributed by atoms with van der Waals surface area (Å²) < 4.78 is 8.12. The topological polar surface area (TPSA) is 27.1 Å². The Bertz CT molecular complexity index is 1090. The number of ether oxygens (including phenoxy) is 1. The minimum Gasteiger partial charge on any atom is -0.486 e. The molecule has 0 aliphatic carbocycles. The summed E-state index contributed by atoms with van der Waals surface area (Å²) in [7, 11) is 0. The third kappa shape index (κ3) is 3.95. The van der Waals surface area contributed by atoms with Gasteiger partial charge < -0.3 is 9.30 Å². The number of nitrogens with zero attached hydrogens (tertiary/aromatic N) is 2. The first kappa shape index (κ1) is 17.9. The van der Waals surface area contributed by atoms with Gasteiger partial charge >= 0.3 is 0 Å².